The van der Waals surface area contributed by atoms with Gasteiger partial charge in [-0.05, 0) is 61.4 Å². The molecule has 2 aromatic heterocycles. The Kier molecular flexibility index (Phi) is 5.85. The standard InChI is InChI=1S/C26H28N4O3S/c1-3-7-20(31)21-10-11-22(34-21)24(33)28-25-27-18-8-5-6-9-19(18)30(25)17-14-26(15-17)12-13-29(16-26)23(32)4-2/h4-6,8-11,17H,2-3,7,12-16H2,1H3,(H,27,28,33). The highest BCUT2D eigenvalue weighted by Gasteiger charge is 2.50. The van der Waals surface area contributed by atoms with Crippen LogP contribution < -0.4 is 5.32 Å². The maximum Gasteiger partial charge on any atom is 0.268 e. The number of amides is 2. The molecule has 1 aliphatic carbocycles. The van der Waals surface area contributed by atoms with Gasteiger partial charge in [0.15, 0.2) is 5.78 Å². The number of likely N-dealkylation sites (tertiary alicyclic amines) is 1. The molecule has 1 saturated heterocycles. The summed E-state index contributed by atoms with van der Waals surface area (Å²) < 4.78 is 2.13. The number of aromatic nitrogens is 2. The van der Waals surface area contributed by atoms with Crippen LogP contribution in [0.1, 0.15) is 64.4 Å². The van der Waals surface area contributed by atoms with Gasteiger partial charge in [0.25, 0.3) is 5.91 Å². The summed E-state index contributed by atoms with van der Waals surface area (Å²) in [4.78, 5) is 45.0. The third-order valence-electron chi connectivity index (χ3n) is 7.03. The molecule has 0 atom stereocenters. The largest absolute Gasteiger partial charge is 0.339 e. The number of benzene rings is 1. The lowest BCUT2D eigenvalue weighted by atomic mass is 9.65. The second-order valence-electron chi connectivity index (χ2n) is 9.36. The molecule has 2 amide bonds. The van der Waals surface area contributed by atoms with Crippen LogP contribution in [0.25, 0.3) is 11.0 Å². The van der Waals surface area contributed by atoms with Crippen LogP contribution in [0.2, 0.25) is 0 Å². The molecule has 2 fully saturated rings. The smallest absolute Gasteiger partial charge is 0.268 e. The Hall–Kier alpha value is -3.26. The fraction of sp³-hybridized carbons (Fsp3) is 0.385. The van der Waals surface area contributed by atoms with Gasteiger partial charge in [0, 0.05) is 25.6 Å². The van der Waals surface area contributed by atoms with E-state index in [1.807, 2.05) is 36.1 Å². The summed E-state index contributed by atoms with van der Waals surface area (Å²) in [7, 11) is 0. The van der Waals surface area contributed by atoms with Crippen LogP contribution in [-0.2, 0) is 4.79 Å². The highest BCUT2D eigenvalue weighted by molar-refractivity contribution is 7.16. The lowest BCUT2D eigenvalue weighted by molar-refractivity contribution is -0.125. The Morgan fingerprint density at radius 3 is 2.74 bits per heavy atom. The van der Waals surface area contributed by atoms with E-state index in [9.17, 15) is 14.4 Å². The summed E-state index contributed by atoms with van der Waals surface area (Å²) in [5.41, 5.74) is 1.94. The number of anilines is 1. The van der Waals surface area contributed by atoms with Gasteiger partial charge in [-0.25, -0.2) is 4.98 Å². The zero-order chi connectivity index (χ0) is 23.9. The van der Waals surface area contributed by atoms with Crippen LogP contribution in [0.5, 0.6) is 0 Å². The Bertz CT molecular complexity index is 1280. The van der Waals surface area contributed by atoms with Gasteiger partial charge in [0.2, 0.25) is 11.9 Å². The minimum absolute atomic E-state index is 0.00547. The van der Waals surface area contributed by atoms with Gasteiger partial charge in [-0.3, -0.25) is 19.7 Å². The number of rotatable bonds is 7. The number of carbonyl (C=O) groups is 3. The predicted octanol–water partition coefficient (Wildman–Crippen LogP) is 5.07. The van der Waals surface area contributed by atoms with Gasteiger partial charge >= 0.3 is 0 Å². The normalized spacial score (nSPS) is 21.6. The Morgan fingerprint density at radius 1 is 1.21 bits per heavy atom. The number of imidazole rings is 1. The first-order valence-corrected chi connectivity index (χ1v) is 12.6. The number of nitrogens with one attached hydrogen (secondary N) is 1. The highest BCUT2D eigenvalue weighted by atomic mass is 32.1. The van der Waals surface area contributed by atoms with Crippen molar-refractivity contribution in [1.29, 1.82) is 0 Å². The molecule has 5 rings (SSSR count). The average molecular weight is 477 g/mol. The zero-order valence-electron chi connectivity index (χ0n) is 19.3. The number of fused-ring (bicyclic) bond motifs is 1. The predicted molar refractivity (Wildman–Crippen MR) is 133 cm³/mol. The maximum atomic E-state index is 13.0. The van der Waals surface area contributed by atoms with E-state index in [0.717, 1.165) is 49.8 Å². The Labute approximate surface area is 202 Å². The number of carbonyl (C=O) groups excluding carboxylic acids is 3. The third kappa shape index (κ3) is 3.96. The molecule has 1 spiro atoms. The van der Waals surface area contributed by atoms with Crippen molar-refractivity contribution < 1.29 is 14.4 Å². The molecule has 1 aromatic carbocycles. The number of Topliss-reactive ketones (excluding diaryl/α,β-unsaturated/α-hetero) is 1. The molecule has 1 aliphatic heterocycles. The van der Waals surface area contributed by atoms with Crippen molar-refractivity contribution in [3.05, 3.63) is 58.8 Å². The molecule has 34 heavy (non-hydrogen) atoms. The highest BCUT2D eigenvalue weighted by Crippen LogP contribution is 2.55. The Balaban J connectivity index is 1.37. The topological polar surface area (TPSA) is 84.3 Å². The van der Waals surface area contributed by atoms with E-state index in [2.05, 4.69) is 16.5 Å². The van der Waals surface area contributed by atoms with E-state index in [1.165, 1.54) is 17.4 Å². The SMILES string of the molecule is C=CC(=O)N1CCC2(CC(n3c(NC(=O)c4ccc(C(=O)CCC)s4)nc4ccccc43)C2)C1. The molecular formula is C26H28N4O3S. The summed E-state index contributed by atoms with van der Waals surface area (Å²) in [5.74, 6) is 0.334. The third-order valence-corrected chi connectivity index (χ3v) is 8.15. The van der Waals surface area contributed by atoms with Gasteiger partial charge < -0.3 is 9.47 Å². The van der Waals surface area contributed by atoms with Crippen LogP contribution in [0.3, 0.4) is 0 Å². The molecule has 0 unspecified atom stereocenters. The molecule has 1 N–H and O–H groups in total. The monoisotopic (exact) mass is 476 g/mol. The molecule has 0 bridgehead atoms. The average Bonchev–Trinajstić information content (AvgIpc) is 3.54. The maximum absolute atomic E-state index is 13.0. The van der Waals surface area contributed by atoms with Gasteiger partial charge in [-0.1, -0.05) is 25.6 Å². The van der Waals surface area contributed by atoms with E-state index in [1.54, 1.807) is 12.1 Å². The summed E-state index contributed by atoms with van der Waals surface area (Å²) in [6.45, 7) is 7.10. The number of para-hydroxylation sites is 2. The van der Waals surface area contributed by atoms with Crippen molar-refractivity contribution in [2.75, 3.05) is 18.4 Å². The van der Waals surface area contributed by atoms with Gasteiger partial charge in [-0.15, -0.1) is 11.3 Å². The van der Waals surface area contributed by atoms with Crippen LogP contribution in [0.15, 0.2) is 49.1 Å². The number of nitrogens with zero attached hydrogens (tertiary/aromatic N) is 3. The van der Waals surface area contributed by atoms with E-state index in [0.29, 0.717) is 22.1 Å². The lowest BCUT2D eigenvalue weighted by Crippen LogP contribution is -2.42. The van der Waals surface area contributed by atoms with Crippen LogP contribution in [0, 0.1) is 5.41 Å². The van der Waals surface area contributed by atoms with Crippen LogP contribution >= 0.6 is 11.3 Å². The number of hydrogen-bond acceptors (Lipinski definition) is 5. The molecular weight excluding hydrogens is 448 g/mol. The molecule has 8 heteroatoms. The zero-order valence-corrected chi connectivity index (χ0v) is 20.1. The van der Waals surface area contributed by atoms with E-state index in [4.69, 9.17) is 4.98 Å². The van der Waals surface area contributed by atoms with Crippen molar-refractivity contribution in [1.82, 2.24) is 14.5 Å². The van der Waals surface area contributed by atoms with Crippen molar-refractivity contribution in [2.45, 2.75) is 45.1 Å². The minimum atomic E-state index is -0.255. The van der Waals surface area contributed by atoms with Gasteiger partial charge in [0.05, 0.1) is 20.8 Å². The summed E-state index contributed by atoms with van der Waals surface area (Å²) in [6.07, 6.45) is 5.51. The molecule has 176 valence electrons. The summed E-state index contributed by atoms with van der Waals surface area (Å²) in [5, 5.41) is 3.00. The van der Waals surface area contributed by atoms with Crippen LogP contribution in [-0.4, -0.2) is 45.1 Å². The van der Waals surface area contributed by atoms with Gasteiger partial charge in [0.1, 0.15) is 0 Å². The van der Waals surface area contributed by atoms with Crippen molar-refractivity contribution in [2.24, 2.45) is 5.41 Å². The van der Waals surface area contributed by atoms with Gasteiger partial charge in [-0.2, -0.15) is 0 Å². The molecule has 1 saturated carbocycles. The first-order valence-electron chi connectivity index (χ1n) is 11.8. The molecule has 7 nitrogen and oxygen atoms in total. The second kappa shape index (κ2) is 8.83. The van der Waals surface area contributed by atoms with E-state index < -0.39 is 0 Å². The van der Waals surface area contributed by atoms with Crippen LogP contribution in [0.4, 0.5) is 5.95 Å². The molecule has 3 aromatic rings. The minimum Gasteiger partial charge on any atom is -0.339 e. The molecule has 2 aliphatic rings. The van der Waals surface area contributed by atoms with Crippen molar-refractivity contribution in [3.8, 4) is 0 Å². The summed E-state index contributed by atoms with van der Waals surface area (Å²) >= 11 is 1.23. The molecule has 3 heterocycles. The van der Waals surface area contributed by atoms with E-state index in [-0.39, 0.29) is 29.1 Å². The fourth-order valence-corrected chi connectivity index (χ4v) is 6.20. The number of ketones is 1. The second-order valence-corrected chi connectivity index (χ2v) is 10.4. The fourth-order valence-electron chi connectivity index (χ4n) is 5.33. The summed E-state index contributed by atoms with van der Waals surface area (Å²) in [6, 6.07) is 11.5. The Morgan fingerprint density at radius 2 is 1.97 bits per heavy atom. The number of thiophene rings is 1. The van der Waals surface area contributed by atoms with Crippen molar-refractivity contribution >= 4 is 45.9 Å². The first-order chi connectivity index (χ1) is 16.4. The first kappa shape index (κ1) is 22.5. The van der Waals surface area contributed by atoms with E-state index >= 15 is 0 Å². The quantitative estimate of drug-likeness (QED) is 0.381. The number of hydrogen-bond donors (Lipinski definition) is 1. The van der Waals surface area contributed by atoms with Crippen molar-refractivity contribution in [3.63, 3.8) is 0 Å². The lowest BCUT2D eigenvalue weighted by Gasteiger charge is -2.46. The molecule has 0 radical (unpaired) electrons.